The fourth-order valence-corrected chi connectivity index (χ4v) is 10.6. The van der Waals surface area contributed by atoms with Gasteiger partial charge in [0.15, 0.2) is 0 Å². The van der Waals surface area contributed by atoms with Crippen LogP contribution in [0.2, 0.25) is 0 Å². The maximum absolute atomic E-state index is 13.8. The van der Waals surface area contributed by atoms with Crippen molar-refractivity contribution in [2.75, 3.05) is 0 Å². The van der Waals surface area contributed by atoms with Crippen LogP contribution in [0, 0.1) is 0 Å². The zero-order valence-electron chi connectivity index (χ0n) is 24.5. The summed E-state index contributed by atoms with van der Waals surface area (Å²) in [5.74, 6) is 0. The third-order valence-electron chi connectivity index (χ3n) is 9.59. The Morgan fingerprint density at radius 2 is 1.02 bits per heavy atom. The normalized spacial score (nSPS) is 13.6. The SMILES string of the molecule is O=S1(=O)c2ccccc2-c2c1ccc1cc(-c3c4ccccc4c(-c4ccccc4)c4ccccc34)c3sc4ccccc4c3c21. The second-order valence-electron chi connectivity index (χ2n) is 12.0. The second-order valence-corrected chi connectivity index (χ2v) is 14.9. The van der Waals surface area contributed by atoms with Gasteiger partial charge in [-0.3, -0.25) is 0 Å². The maximum atomic E-state index is 13.8. The van der Waals surface area contributed by atoms with Crippen molar-refractivity contribution in [3.63, 3.8) is 0 Å². The molecular formula is C42H24O2S2. The van der Waals surface area contributed by atoms with Gasteiger partial charge in [0.1, 0.15) is 0 Å². The molecule has 0 N–H and O–H groups in total. The first-order valence-corrected chi connectivity index (χ1v) is 17.7. The lowest BCUT2D eigenvalue weighted by Crippen LogP contribution is -1.96. The Morgan fingerprint density at radius 1 is 0.435 bits per heavy atom. The average molecular weight is 625 g/mol. The first-order valence-electron chi connectivity index (χ1n) is 15.4. The smallest absolute Gasteiger partial charge is 0.207 e. The van der Waals surface area contributed by atoms with Gasteiger partial charge >= 0.3 is 0 Å². The van der Waals surface area contributed by atoms with Crippen molar-refractivity contribution in [2.24, 2.45) is 0 Å². The molecule has 8 aromatic carbocycles. The molecule has 0 bridgehead atoms. The highest BCUT2D eigenvalue weighted by atomic mass is 32.2. The zero-order valence-corrected chi connectivity index (χ0v) is 26.1. The van der Waals surface area contributed by atoms with Crippen LogP contribution in [0.1, 0.15) is 0 Å². The lowest BCUT2D eigenvalue weighted by Gasteiger charge is -2.19. The Labute approximate surface area is 269 Å². The first kappa shape index (κ1) is 26.0. The van der Waals surface area contributed by atoms with Gasteiger partial charge in [-0.2, -0.15) is 0 Å². The van der Waals surface area contributed by atoms with E-state index in [9.17, 15) is 8.42 Å². The molecule has 1 aliphatic rings. The summed E-state index contributed by atoms with van der Waals surface area (Å²) in [5, 5.41) is 9.15. The molecule has 1 aliphatic heterocycles. The van der Waals surface area contributed by atoms with E-state index in [1.54, 1.807) is 17.4 Å². The van der Waals surface area contributed by atoms with E-state index in [1.807, 2.05) is 30.3 Å². The van der Waals surface area contributed by atoms with Gasteiger partial charge in [-0.05, 0) is 67.9 Å². The maximum Gasteiger partial charge on any atom is 0.207 e. The Bertz CT molecular complexity index is 2810. The molecule has 2 nitrogen and oxygen atoms in total. The summed E-state index contributed by atoms with van der Waals surface area (Å²) < 4.78 is 29.9. The van der Waals surface area contributed by atoms with Gasteiger partial charge in [-0.25, -0.2) is 8.42 Å². The molecule has 2 heterocycles. The molecule has 4 heteroatoms. The standard InChI is InChI=1S/C42H24O2S2/c43-46(44)35-21-11-9-19-32(35)40-36(46)23-22-26-24-33(42-41(38(26)40)31-18-8-10-20-34(31)45-42)39-29-16-6-4-14-27(29)37(25-12-2-1-3-13-25)28-15-5-7-17-30(28)39/h1-24H. The fourth-order valence-electron chi connectivity index (χ4n) is 7.73. The lowest BCUT2D eigenvalue weighted by molar-refractivity contribution is 0.599. The number of fused-ring (bicyclic) bond motifs is 11. The van der Waals surface area contributed by atoms with Crippen molar-refractivity contribution in [3.8, 4) is 33.4 Å². The summed E-state index contributed by atoms with van der Waals surface area (Å²) in [4.78, 5) is 0.788. The molecule has 1 aromatic heterocycles. The Hall–Kier alpha value is -5.29. The predicted molar refractivity (Wildman–Crippen MR) is 194 cm³/mol. The van der Waals surface area contributed by atoms with Gasteiger partial charge in [-0.15, -0.1) is 11.3 Å². The van der Waals surface area contributed by atoms with Gasteiger partial charge in [0.2, 0.25) is 9.84 Å². The van der Waals surface area contributed by atoms with E-state index in [0.717, 1.165) is 32.7 Å². The molecule has 0 spiro atoms. The summed E-state index contributed by atoms with van der Waals surface area (Å²) in [7, 11) is -3.61. The molecule has 0 saturated heterocycles. The predicted octanol–water partition coefficient (Wildman–Crippen LogP) is 11.7. The summed E-state index contributed by atoms with van der Waals surface area (Å²) in [6.45, 7) is 0. The van der Waals surface area contributed by atoms with Crippen LogP contribution in [-0.2, 0) is 9.84 Å². The minimum atomic E-state index is -3.61. The second kappa shape index (κ2) is 9.37. The van der Waals surface area contributed by atoms with E-state index >= 15 is 0 Å². The zero-order chi connectivity index (χ0) is 30.6. The van der Waals surface area contributed by atoms with Crippen LogP contribution in [0.25, 0.3) is 85.9 Å². The number of thiophene rings is 1. The lowest BCUT2D eigenvalue weighted by atomic mass is 9.84. The Morgan fingerprint density at radius 3 is 1.74 bits per heavy atom. The first-order chi connectivity index (χ1) is 22.6. The molecule has 0 saturated carbocycles. The van der Waals surface area contributed by atoms with Crippen LogP contribution in [0.4, 0.5) is 0 Å². The Kier molecular flexibility index (Phi) is 5.29. The quantitative estimate of drug-likeness (QED) is 0.179. The third kappa shape index (κ3) is 3.38. The van der Waals surface area contributed by atoms with E-state index in [4.69, 9.17) is 0 Å². The molecule has 0 fully saturated rings. The van der Waals surface area contributed by atoms with Crippen molar-refractivity contribution in [3.05, 3.63) is 146 Å². The molecule has 216 valence electrons. The van der Waals surface area contributed by atoms with Gasteiger partial charge in [0, 0.05) is 42.2 Å². The van der Waals surface area contributed by atoms with E-state index in [-0.39, 0.29) is 0 Å². The van der Waals surface area contributed by atoms with Gasteiger partial charge in [-0.1, -0.05) is 121 Å². The van der Waals surface area contributed by atoms with Crippen LogP contribution in [-0.4, -0.2) is 8.42 Å². The fraction of sp³-hybridized carbons (Fsp3) is 0. The van der Waals surface area contributed by atoms with Crippen molar-refractivity contribution in [2.45, 2.75) is 9.79 Å². The number of hydrogen-bond acceptors (Lipinski definition) is 3. The summed E-state index contributed by atoms with van der Waals surface area (Å²) in [6.07, 6.45) is 0. The van der Waals surface area contributed by atoms with E-state index in [0.29, 0.717) is 9.79 Å². The molecule has 10 rings (SSSR count). The highest BCUT2D eigenvalue weighted by Gasteiger charge is 2.35. The third-order valence-corrected chi connectivity index (χ3v) is 12.6. The summed E-state index contributed by atoms with van der Waals surface area (Å²) in [6, 6.07) is 50.3. The number of benzene rings is 8. The largest absolute Gasteiger partial charge is 0.218 e. The molecule has 0 aliphatic carbocycles. The Balaban J connectivity index is 1.43. The van der Waals surface area contributed by atoms with Crippen molar-refractivity contribution in [1.82, 2.24) is 0 Å². The average Bonchev–Trinajstić information content (AvgIpc) is 3.60. The summed E-state index contributed by atoms with van der Waals surface area (Å²) >= 11 is 1.79. The van der Waals surface area contributed by atoms with Crippen LogP contribution < -0.4 is 0 Å². The number of rotatable bonds is 2. The van der Waals surface area contributed by atoms with Crippen LogP contribution in [0.5, 0.6) is 0 Å². The minimum absolute atomic E-state index is 0.391. The van der Waals surface area contributed by atoms with E-state index < -0.39 is 9.84 Å². The van der Waals surface area contributed by atoms with Gasteiger partial charge in [0.05, 0.1) is 9.79 Å². The van der Waals surface area contributed by atoms with Gasteiger partial charge in [0.25, 0.3) is 0 Å². The van der Waals surface area contributed by atoms with E-state index in [1.165, 1.54) is 53.2 Å². The van der Waals surface area contributed by atoms with Gasteiger partial charge < -0.3 is 0 Å². The van der Waals surface area contributed by atoms with E-state index in [2.05, 4.69) is 109 Å². The molecule has 0 atom stereocenters. The van der Waals surface area contributed by atoms with Crippen LogP contribution in [0.3, 0.4) is 0 Å². The summed E-state index contributed by atoms with van der Waals surface area (Å²) in [5.41, 5.74) is 6.42. The molecule has 0 amide bonds. The minimum Gasteiger partial charge on any atom is -0.218 e. The molecule has 46 heavy (non-hydrogen) atoms. The topological polar surface area (TPSA) is 34.1 Å². The van der Waals surface area contributed by atoms with Crippen molar-refractivity contribution >= 4 is 73.7 Å². The molecule has 0 radical (unpaired) electrons. The highest BCUT2D eigenvalue weighted by Crippen LogP contribution is 2.54. The van der Waals surface area contributed by atoms with Crippen molar-refractivity contribution < 1.29 is 8.42 Å². The number of sulfone groups is 1. The van der Waals surface area contributed by atoms with Crippen LogP contribution >= 0.6 is 11.3 Å². The number of hydrogen-bond donors (Lipinski definition) is 0. The van der Waals surface area contributed by atoms with Crippen molar-refractivity contribution in [1.29, 1.82) is 0 Å². The molecule has 9 aromatic rings. The molecule has 0 unspecified atom stereocenters. The monoisotopic (exact) mass is 624 g/mol. The highest BCUT2D eigenvalue weighted by molar-refractivity contribution is 7.92. The molecular weight excluding hydrogens is 601 g/mol. The van der Waals surface area contributed by atoms with Crippen LogP contribution in [0.15, 0.2) is 155 Å².